The summed E-state index contributed by atoms with van der Waals surface area (Å²) in [6, 6.07) is 2.70. The van der Waals surface area contributed by atoms with E-state index in [9.17, 15) is 14.0 Å². The number of carbonyl (C=O) groups is 2. The maximum Gasteiger partial charge on any atom is 0.254 e. The highest BCUT2D eigenvalue weighted by molar-refractivity contribution is 5.96. The SMILES string of the molecule is Cc1cc(N)cc(C(=O)NCC(C)(C)C(N)=O)c1F. The maximum absolute atomic E-state index is 13.8. The molecule has 0 saturated heterocycles. The molecule has 0 saturated carbocycles. The van der Waals surface area contributed by atoms with Gasteiger partial charge in [0.15, 0.2) is 0 Å². The molecule has 1 aromatic carbocycles. The van der Waals surface area contributed by atoms with Gasteiger partial charge in [0.1, 0.15) is 5.82 Å². The molecule has 0 unspecified atom stereocenters. The van der Waals surface area contributed by atoms with Gasteiger partial charge in [-0.3, -0.25) is 9.59 Å². The van der Waals surface area contributed by atoms with Gasteiger partial charge < -0.3 is 16.8 Å². The Bertz CT molecular complexity index is 527. The molecule has 0 spiro atoms. The molecule has 0 radical (unpaired) electrons. The second kappa shape index (κ2) is 5.26. The molecule has 0 fully saturated rings. The van der Waals surface area contributed by atoms with Crippen molar-refractivity contribution in [2.24, 2.45) is 11.1 Å². The summed E-state index contributed by atoms with van der Waals surface area (Å²) in [4.78, 5) is 23.0. The van der Waals surface area contributed by atoms with Crippen molar-refractivity contribution < 1.29 is 14.0 Å². The molecule has 0 aliphatic heterocycles. The minimum Gasteiger partial charge on any atom is -0.399 e. The number of primary amides is 1. The molecule has 2 amide bonds. The summed E-state index contributed by atoms with van der Waals surface area (Å²) in [6.45, 7) is 4.73. The number of nitrogens with two attached hydrogens (primary N) is 2. The van der Waals surface area contributed by atoms with E-state index in [0.29, 0.717) is 11.3 Å². The highest BCUT2D eigenvalue weighted by Gasteiger charge is 2.26. The lowest BCUT2D eigenvalue weighted by atomic mass is 9.92. The third kappa shape index (κ3) is 3.43. The van der Waals surface area contributed by atoms with Crippen molar-refractivity contribution >= 4 is 17.5 Å². The zero-order chi connectivity index (χ0) is 14.8. The summed E-state index contributed by atoms with van der Waals surface area (Å²) >= 11 is 0. The summed E-state index contributed by atoms with van der Waals surface area (Å²) in [5.41, 5.74) is 10.3. The second-order valence-corrected chi connectivity index (χ2v) is 5.13. The van der Waals surface area contributed by atoms with Crippen LogP contribution in [0.1, 0.15) is 29.8 Å². The first kappa shape index (κ1) is 14.9. The summed E-state index contributed by atoms with van der Waals surface area (Å²) in [5, 5.41) is 2.48. The highest BCUT2D eigenvalue weighted by atomic mass is 19.1. The van der Waals surface area contributed by atoms with Gasteiger partial charge in [0, 0.05) is 12.2 Å². The Morgan fingerprint density at radius 2 is 1.95 bits per heavy atom. The molecular formula is C13H18FN3O2. The molecule has 0 aromatic heterocycles. The largest absolute Gasteiger partial charge is 0.399 e. The first-order valence-electron chi connectivity index (χ1n) is 5.79. The number of benzene rings is 1. The van der Waals surface area contributed by atoms with Crippen LogP contribution in [0.5, 0.6) is 0 Å². The summed E-state index contributed by atoms with van der Waals surface area (Å²) in [7, 11) is 0. The lowest BCUT2D eigenvalue weighted by Crippen LogP contribution is -2.42. The standard InChI is InChI=1S/C13H18FN3O2/c1-7-4-8(15)5-9(10(7)14)11(18)17-6-13(2,3)12(16)19/h4-5H,6,15H2,1-3H3,(H2,16,19)(H,17,18). The van der Waals surface area contributed by atoms with Crippen LogP contribution in [0.25, 0.3) is 0 Å². The van der Waals surface area contributed by atoms with Gasteiger partial charge in [0.25, 0.3) is 5.91 Å². The van der Waals surface area contributed by atoms with E-state index in [0.717, 1.165) is 0 Å². The molecule has 0 atom stereocenters. The number of carbonyl (C=O) groups excluding carboxylic acids is 2. The molecule has 104 valence electrons. The van der Waals surface area contributed by atoms with Crippen molar-refractivity contribution in [3.63, 3.8) is 0 Å². The molecule has 0 aliphatic rings. The molecule has 1 rings (SSSR count). The minimum absolute atomic E-state index is 0.0223. The normalized spacial score (nSPS) is 11.2. The number of anilines is 1. The zero-order valence-corrected chi connectivity index (χ0v) is 11.2. The van der Waals surface area contributed by atoms with Crippen LogP contribution in [0.3, 0.4) is 0 Å². The number of hydrogen-bond acceptors (Lipinski definition) is 3. The fourth-order valence-corrected chi connectivity index (χ4v) is 1.45. The maximum atomic E-state index is 13.8. The van der Waals surface area contributed by atoms with Crippen molar-refractivity contribution in [1.29, 1.82) is 0 Å². The van der Waals surface area contributed by atoms with Gasteiger partial charge in [-0.15, -0.1) is 0 Å². The Kier molecular flexibility index (Phi) is 4.14. The Balaban J connectivity index is 2.88. The van der Waals surface area contributed by atoms with Crippen molar-refractivity contribution in [3.8, 4) is 0 Å². The van der Waals surface area contributed by atoms with Crippen LogP contribution in [-0.2, 0) is 4.79 Å². The Hall–Kier alpha value is -2.11. The minimum atomic E-state index is -0.901. The summed E-state index contributed by atoms with van der Waals surface area (Å²) < 4.78 is 13.8. The van der Waals surface area contributed by atoms with Gasteiger partial charge in [-0.25, -0.2) is 4.39 Å². The molecule has 19 heavy (non-hydrogen) atoms. The second-order valence-electron chi connectivity index (χ2n) is 5.13. The van der Waals surface area contributed by atoms with Crippen LogP contribution < -0.4 is 16.8 Å². The number of nitrogens with one attached hydrogen (secondary N) is 1. The fraction of sp³-hybridized carbons (Fsp3) is 0.385. The van der Waals surface area contributed by atoms with E-state index in [1.165, 1.54) is 19.1 Å². The number of halogens is 1. The first-order chi connectivity index (χ1) is 8.65. The van der Waals surface area contributed by atoms with Crippen LogP contribution >= 0.6 is 0 Å². The summed E-state index contributed by atoms with van der Waals surface area (Å²) in [5.74, 6) is -1.79. The molecule has 0 aliphatic carbocycles. The van der Waals surface area contributed by atoms with Crippen LogP contribution in [0.2, 0.25) is 0 Å². The first-order valence-corrected chi connectivity index (χ1v) is 5.79. The monoisotopic (exact) mass is 267 g/mol. The molecule has 5 N–H and O–H groups in total. The lowest BCUT2D eigenvalue weighted by Gasteiger charge is -2.20. The van der Waals surface area contributed by atoms with Gasteiger partial charge >= 0.3 is 0 Å². The third-order valence-electron chi connectivity index (χ3n) is 2.88. The third-order valence-corrected chi connectivity index (χ3v) is 2.88. The average molecular weight is 267 g/mol. The van der Waals surface area contributed by atoms with Crippen molar-refractivity contribution in [2.45, 2.75) is 20.8 Å². The number of amides is 2. The fourth-order valence-electron chi connectivity index (χ4n) is 1.45. The van der Waals surface area contributed by atoms with Crippen molar-refractivity contribution in [3.05, 3.63) is 29.1 Å². The molecule has 1 aromatic rings. The van der Waals surface area contributed by atoms with E-state index in [1.54, 1.807) is 13.8 Å². The van der Waals surface area contributed by atoms with Gasteiger partial charge in [0.2, 0.25) is 5.91 Å². The molecule has 6 heteroatoms. The number of hydrogen-bond donors (Lipinski definition) is 3. The average Bonchev–Trinajstić information content (AvgIpc) is 2.30. The van der Waals surface area contributed by atoms with E-state index in [4.69, 9.17) is 11.5 Å². The quantitative estimate of drug-likeness (QED) is 0.708. The van der Waals surface area contributed by atoms with Crippen LogP contribution in [0, 0.1) is 18.2 Å². The highest BCUT2D eigenvalue weighted by Crippen LogP contribution is 2.18. The van der Waals surface area contributed by atoms with Crippen molar-refractivity contribution in [1.82, 2.24) is 5.32 Å². The topological polar surface area (TPSA) is 98.2 Å². The zero-order valence-electron chi connectivity index (χ0n) is 11.2. The molecule has 0 bridgehead atoms. The Morgan fingerprint density at radius 3 is 2.47 bits per heavy atom. The predicted molar refractivity (Wildman–Crippen MR) is 70.9 cm³/mol. The van der Waals surface area contributed by atoms with E-state index in [-0.39, 0.29) is 12.1 Å². The van der Waals surface area contributed by atoms with Gasteiger partial charge in [0.05, 0.1) is 11.0 Å². The van der Waals surface area contributed by atoms with Gasteiger partial charge in [-0.1, -0.05) is 0 Å². The Labute approximate surface area is 111 Å². The molecule has 5 nitrogen and oxygen atoms in total. The van der Waals surface area contributed by atoms with Crippen LogP contribution in [-0.4, -0.2) is 18.4 Å². The van der Waals surface area contributed by atoms with E-state index in [1.807, 2.05) is 0 Å². The van der Waals surface area contributed by atoms with E-state index >= 15 is 0 Å². The smallest absolute Gasteiger partial charge is 0.254 e. The lowest BCUT2D eigenvalue weighted by molar-refractivity contribution is -0.125. The van der Waals surface area contributed by atoms with E-state index < -0.39 is 23.0 Å². The van der Waals surface area contributed by atoms with Crippen LogP contribution in [0.4, 0.5) is 10.1 Å². The predicted octanol–water partition coefficient (Wildman–Crippen LogP) is 0.958. The number of aryl methyl sites for hydroxylation is 1. The van der Waals surface area contributed by atoms with E-state index in [2.05, 4.69) is 5.32 Å². The van der Waals surface area contributed by atoms with Gasteiger partial charge in [-0.05, 0) is 38.5 Å². The van der Waals surface area contributed by atoms with Gasteiger partial charge in [-0.2, -0.15) is 0 Å². The number of rotatable bonds is 4. The Morgan fingerprint density at radius 1 is 1.37 bits per heavy atom. The number of nitrogen functional groups attached to an aromatic ring is 1. The van der Waals surface area contributed by atoms with Crippen LogP contribution in [0.15, 0.2) is 12.1 Å². The summed E-state index contributed by atoms with van der Waals surface area (Å²) in [6.07, 6.45) is 0. The molecule has 0 heterocycles. The molecular weight excluding hydrogens is 249 g/mol. The van der Waals surface area contributed by atoms with Crippen molar-refractivity contribution in [2.75, 3.05) is 12.3 Å².